The molecule has 11 heteroatoms. The summed E-state index contributed by atoms with van der Waals surface area (Å²) in [4.78, 5) is 29.2. The number of amides is 1. The smallest absolute Gasteiger partial charge is 0.277 e. The first-order valence-corrected chi connectivity index (χ1v) is 11.2. The number of carbonyl (C=O) groups excluding carboxylic acids is 1. The van der Waals surface area contributed by atoms with E-state index in [1.165, 1.54) is 4.68 Å². The van der Waals surface area contributed by atoms with E-state index in [0.717, 1.165) is 12.8 Å². The van der Waals surface area contributed by atoms with E-state index in [-0.39, 0.29) is 17.4 Å². The number of aromatic nitrogens is 3. The normalized spacial score (nSPS) is 14.5. The summed E-state index contributed by atoms with van der Waals surface area (Å²) in [5, 5.41) is 9.78. The predicted molar refractivity (Wildman–Crippen MR) is 120 cm³/mol. The molecule has 1 amide bonds. The highest BCUT2D eigenvalue weighted by Crippen LogP contribution is 2.35. The van der Waals surface area contributed by atoms with Gasteiger partial charge in [0.25, 0.3) is 5.56 Å². The Balaban J connectivity index is 1.81. The first-order chi connectivity index (χ1) is 14.2. The van der Waals surface area contributed by atoms with E-state index in [9.17, 15) is 13.8 Å². The molecule has 2 heterocycles. The number of H-pyrrole nitrogens is 1. The topological polar surface area (TPSA) is 112 Å². The average Bonchev–Trinajstić information content (AvgIpc) is 3.49. The van der Waals surface area contributed by atoms with Crippen molar-refractivity contribution in [1.29, 1.82) is 0 Å². The van der Waals surface area contributed by atoms with Crippen LogP contribution in [0.25, 0.3) is 11.0 Å². The van der Waals surface area contributed by atoms with Crippen molar-refractivity contribution in [2.45, 2.75) is 12.8 Å². The second kappa shape index (κ2) is 7.77. The van der Waals surface area contributed by atoms with E-state index < -0.39 is 11.0 Å². The second-order valence-electron chi connectivity index (χ2n) is 7.23. The van der Waals surface area contributed by atoms with Crippen molar-refractivity contribution < 1.29 is 9.00 Å². The SMILES string of the molecule is CN(c1cc(Cl)ccc1Nc1cc(NC(=O)C2CC2)nc2[nH]n(C)c(=O)c12)S(C)=O. The number of hydrogen-bond acceptors (Lipinski definition) is 5. The highest BCUT2D eigenvalue weighted by molar-refractivity contribution is 7.85. The number of anilines is 4. The van der Waals surface area contributed by atoms with Gasteiger partial charge in [0.1, 0.15) is 22.2 Å². The Morgan fingerprint density at radius 2 is 2.07 bits per heavy atom. The lowest BCUT2D eigenvalue weighted by atomic mass is 10.2. The molecule has 1 unspecified atom stereocenters. The lowest BCUT2D eigenvalue weighted by Gasteiger charge is -2.21. The molecule has 0 aliphatic heterocycles. The molecule has 3 N–H and O–H groups in total. The van der Waals surface area contributed by atoms with Gasteiger partial charge in [-0.2, -0.15) is 0 Å². The molecular weight excluding hydrogens is 428 g/mol. The van der Waals surface area contributed by atoms with Gasteiger partial charge in [-0.3, -0.25) is 23.7 Å². The molecule has 9 nitrogen and oxygen atoms in total. The zero-order chi connectivity index (χ0) is 21.6. The molecule has 2 aromatic heterocycles. The molecule has 1 saturated carbocycles. The maximum Gasteiger partial charge on any atom is 0.277 e. The van der Waals surface area contributed by atoms with Crippen LogP contribution in [0.2, 0.25) is 5.02 Å². The van der Waals surface area contributed by atoms with Crippen LogP contribution in [0.3, 0.4) is 0 Å². The quantitative estimate of drug-likeness (QED) is 0.536. The predicted octanol–water partition coefficient (Wildman–Crippen LogP) is 2.74. The number of pyridine rings is 1. The minimum atomic E-state index is -1.28. The van der Waals surface area contributed by atoms with Crippen molar-refractivity contribution in [3.8, 4) is 0 Å². The van der Waals surface area contributed by atoms with Gasteiger partial charge in [-0.05, 0) is 31.0 Å². The standard InChI is InChI=1S/C19H21ClN6O3S/c1-25-19(28)16-13(9-15(22-17(16)24-25)23-18(27)10-4-5-10)21-12-7-6-11(20)8-14(12)26(2)30(3)29/h6-10H,4-5H2,1-3H3,(H3,21,22,23,24,27). The van der Waals surface area contributed by atoms with Crippen molar-refractivity contribution in [3.05, 3.63) is 39.6 Å². The maximum atomic E-state index is 12.7. The molecule has 4 rings (SSSR count). The van der Waals surface area contributed by atoms with E-state index in [1.807, 2.05) is 0 Å². The Labute approximate surface area is 180 Å². The molecule has 0 saturated heterocycles. The number of hydrogen-bond donors (Lipinski definition) is 3. The highest BCUT2D eigenvalue weighted by atomic mass is 35.5. The second-order valence-corrected chi connectivity index (χ2v) is 9.06. The number of carbonyl (C=O) groups is 1. The summed E-state index contributed by atoms with van der Waals surface area (Å²) in [6.45, 7) is 0. The van der Waals surface area contributed by atoms with Gasteiger partial charge < -0.3 is 10.6 Å². The molecule has 1 atom stereocenters. The van der Waals surface area contributed by atoms with Crippen molar-refractivity contribution >= 4 is 62.4 Å². The number of halogens is 1. The lowest BCUT2D eigenvalue weighted by molar-refractivity contribution is -0.117. The molecule has 30 heavy (non-hydrogen) atoms. The van der Waals surface area contributed by atoms with E-state index in [0.29, 0.717) is 38.9 Å². The third-order valence-electron chi connectivity index (χ3n) is 4.97. The van der Waals surface area contributed by atoms with E-state index in [1.54, 1.807) is 48.9 Å². The first-order valence-electron chi connectivity index (χ1n) is 9.29. The summed E-state index contributed by atoms with van der Waals surface area (Å²) in [5.74, 6) is 0.274. The summed E-state index contributed by atoms with van der Waals surface area (Å²) in [6, 6.07) is 6.75. The van der Waals surface area contributed by atoms with Crippen LogP contribution in [0.5, 0.6) is 0 Å². The highest BCUT2D eigenvalue weighted by Gasteiger charge is 2.30. The van der Waals surface area contributed by atoms with Gasteiger partial charge in [0.15, 0.2) is 5.65 Å². The molecule has 0 spiro atoms. The minimum absolute atomic E-state index is 0.0183. The summed E-state index contributed by atoms with van der Waals surface area (Å²) in [6.07, 6.45) is 3.30. The summed E-state index contributed by atoms with van der Waals surface area (Å²) < 4.78 is 14.9. The van der Waals surface area contributed by atoms with Crippen molar-refractivity contribution in [2.75, 3.05) is 28.2 Å². The monoisotopic (exact) mass is 448 g/mol. The lowest BCUT2D eigenvalue weighted by Crippen LogP contribution is -2.20. The fraction of sp³-hybridized carbons (Fsp3) is 0.316. The third-order valence-corrected chi connectivity index (χ3v) is 6.17. The van der Waals surface area contributed by atoms with Gasteiger partial charge in [0.2, 0.25) is 5.91 Å². The van der Waals surface area contributed by atoms with E-state index in [2.05, 4.69) is 20.7 Å². The van der Waals surface area contributed by atoms with Crippen LogP contribution >= 0.6 is 11.6 Å². The van der Waals surface area contributed by atoms with Crippen LogP contribution in [0.15, 0.2) is 29.1 Å². The van der Waals surface area contributed by atoms with E-state index >= 15 is 0 Å². The fourth-order valence-electron chi connectivity index (χ4n) is 3.11. The average molecular weight is 449 g/mol. The van der Waals surface area contributed by atoms with Gasteiger partial charge in [-0.1, -0.05) is 11.6 Å². The molecule has 1 aliphatic carbocycles. The Bertz CT molecular complexity index is 1230. The Morgan fingerprint density at radius 1 is 1.33 bits per heavy atom. The summed E-state index contributed by atoms with van der Waals surface area (Å²) in [7, 11) is 2.00. The van der Waals surface area contributed by atoms with Crippen molar-refractivity contribution in [2.24, 2.45) is 13.0 Å². The third kappa shape index (κ3) is 3.92. The Hall–Kier alpha value is -2.85. The maximum absolute atomic E-state index is 12.7. The number of aromatic amines is 1. The minimum Gasteiger partial charge on any atom is -0.353 e. The summed E-state index contributed by atoms with van der Waals surface area (Å²) >= 11 is 6.14. The molecule has 0 bridgehead atoms. The number of benzene rings is 1. The van der Waals surface area contributed by atoms with Gasteiger partial charge in [-0.25, -0.2) is 9.19 Å². The van der Waals surface area contributed by atoms with E-state index in [4.69, 9.17) is 11.6 Å². The molecular formula is C19H21ClN6O3S. The number of rotatable bonds is 6. The number of aryl methyl sites for hydroxylation is 1. The van der Waals surface area contributed by atoms with Crippen LogP contribution in [-0.2, 0) is 22.8 Å². The molecule has 0 radical (unpaired) electrons. The summed E-state index contributed by atoms with van der Waals surface area (Å²) in [5.41, 5.74) is 1.76. The van der Waals surface area contributed by atoms with Gasteiger partial charge in [-0.15, -0.1) is 0 Å². The molecule has 1 aliphatic rings. The van der Waals surface area contributed by atoms with Crippen LogP contribution in [0, 0.1) is 5.92 Å². The van der Waals surface area contributed by atoms with Gasteiger partial charge in [0, 0.05) is 37.4 Å². The zero-order valence-electron chi connectivity index (χ0n) is 16.7. The first kappa shape index (κ1) is 20.4. The number of nitrogens with one attached hydrogen (secondary N) is 3. The largest absolute Gasteiger partial charge is 0.353 e. The number of fused-ring (bicyclic) bond motifs is 1. The fourth-order valence-corrected chi connectivity index (χ4v) is 3.71. The molecule has 3 aromatic rings. The Morgan fingerprint density at radius 3 is 2.73 bits per heavy atom. The van der Waals surface area contributed by atoms with Crippen LogP contribution in [-0.4, -0.2) is 38.2 Å². The van der Waals surface area contributed by atoms with Crippen LogP contribution < -0.4 is 20.5 Å². The van der Waals surface area contributed by atoms with Gasteiger partial charge >= 0.3 is 0 Å². The van der Waals surface area contributed by atoms with Crippen LogP contribution in [0.4, 0.5) is 22.9 Å². The van der Waals surface area contributed by atoms with Crippen molar-refractivity contribution in [3.63, 3.8) is 0 Å². The molecule has 158 valence electrons. The molecule has 1 fully saturated rings. The molecule has 1 aromatic carbocycles. The van der Waals surface area contributed by atoms with Gasteiger partial charge in [0.05, 0.1) is 17.1 Å². The zero-order valence-corrected chi connectivity index (χ0v) is 18.2. The van der Waals surface area contributed by atoms with Crippen LogP contribution in [0.1, 0.15) is 12.8 Å². The van der Waals surface area contributed by atoms with Crippen molar-refractivity contribution in [1.82, 2.24) is 14.8 Å². The Kier molecular flexibility index (Phi) is 5.29. The number of nitrogens with zero attached hydrogens (tertiary/aromatic N) is 3.